The van der Waals surface area contributed by atoms with Crippen molar-refractivity contribution in [1.29, 1.82) is 0 Å². The molecular formula is C12H19ClN2OS. The molecular weight excluding hydrogens is 256 g/mol. The van der Waals surface area contributed by atoms with Gasteiger partial charge in [-0.3, -0.25) is 4.79 Å². The molecule has 1 amide bonds. The summed E-state index contributed by atoms with van der Waals surface area (Å²) in [6.07, 6.45) is 3.03. The van der Waals surface area contributed by atoms with E-state index in [4.69, 9.17) is 5.73 Å². The molecule has 0 radical (unpaired) electrons. The molecule has 1 aromatic rings. The van der Waals surface area contributed by atoms with Gasteiger partial charge in [-0.1, -0.05) is 12.1 Å². The highest BCUT2D eigenvalue weighted by atomic mass is 35.5. The Kier molecular flexibility index (Phi) is 8.76. The summed E-state index contributed by atoms with van der Waals surface area (Å²) in [7, 11) is 0. The molecule has 1 heterocycles. The number of halogens is 1. The largest absolute Gasteiger partial charge is 0.334 e. The molecule has 2 N–H and O–H groups in total. The van der Waals surface area contributed by atoms with E-state index in [2.05, 4.69) is 6.58 Å². The molecule has 0 aliphatic rings. The molecule has 0 atom stereocenters. The summed E-state index contributed by atoms with van der Waals surface area (Å²) in [5.41, 5.74) is 5.40. The maximum atomic E-state index is 11.8. The van der Waals surface area contributed by atoms with Crippen LogP contribution in [0.15, 0.2) is 30.2 Å². The SMILES string of the molecule is C=CCN(Cc1cccs1)C(=O)CCCN.Cl. The number of hydrogen-bond donors (Lipinski definition) is 1. The lowest BCUT2D eigenvalue weighted by Gasteiger charge is -2.20. The van der Waals surface area contributed by atoms with E-state index in [0.717, 1.165) is 6.42 Å². The van der Waals surface area contributed by atoms with Gasteiger partial charge in [-0.05, 0) is 24.4 Å². The summed E-state index contributed by atoms with van der Waals surface area (Å²) in [6.45, 7) is 5.51. The van der Waals surface area contributed by atoms with Gasteiger partial charge in [-0.2, -0.15) is 0 Å². The van der Waals surface area contributed by atoms with Crippen molar-refractivity contribution < 1.29 is 4.79 Å². The lowest BCUT2D eigenvalue weighted by molar-refractivity contribution is -0.131. The monoisotopic (exact) mass is 274 g/mol. The standard InChI is InChI=1S/C12H18N2OS.ClH/c1-2-8-14(12(15)6-3-7-13)10-11-5-4-9-16-11;/h2,4-5,9H,1,3,6-8,10,13H2;1H. The van der Waals surface area contributed by atoms with Gasteiger partial charge in [0.25, 0.3) is 0 Å². The predicted molar refractivity (Wildman–Crippen MR) is 75.5 cm³/mol. The number of amides is 1. The normalized spacial score (nSPS) is 9.47. The zero-order valence-corrected chi connectivity index (χ0v) is 11.4. The van der Waals surface area contributed by atoms with E-state index in [1.54, 1.807) is 17.4 Å². The van der Waals surface area contributed by atoms with Crippen LogP contribution in [0.4, 0.5) is 0 Å². The summed E-state index contributed by atoms with van der Waals surface area (Å²) in [4.78, 5) is 14.9. The molecule has 0 spiro atoms. The molecule has 0 aliphatic carbocycles. The number of thiophene rings is 1. The Bertz CT molecular complexity index is 327. The molecule has 5 heteroatoms. The van der Waals surface area contributed by atoms with Gasteiger partial charge >= 0.3 is 0 Å². The lowest BCUT2D eigenvalue weighted by atomic mass is 10.2. The Morgan fingerprint density at radius 2 is 2.35 bits per heavy atom. The Morgan fingerprint density at radius 1 is 1.59 bits per heavy atom. The van der Waals surface area contributed by atoms with Crippen LogP contribution >= 0.6 is 23.7 Å². The summed E-state index contributed by atoms with van der Waals surface area (Å²) >= 11 is 1.67. The van der Waals surface area contributed by atoms with Gasteiger partial charge in [0.1, 0.15) is 0 Å². The third-order valence-corrected chi connectivity index (χ3v) is 3.08. The first-order valence-electron chi connectivity index (χ1n) is 5.39. The summed E-state index contributed by atoms with van der Waals surface area (Å²) < 4.78 is 0. The second-order valence-corrected chi connectivity index (χ2v) is 4.57. The zero-order chi connectivity index (χ0) is 11.8. The first-order chi connectivity index (χ1) is 7.77. The number of rotatable bonds is 7. The van der Waals surface area contributed by atoms with Crippen molar-refractivity contribution in [2.45, 2.75) is 19.4 Å². The summed E-state index contributed by atoms with van der Waals surface area (Å²) in [6, 6.07) is 4.04. The van der Waals surface area contributed by atoms with Gasteiger partial charge in [0.2, 0.25) is 5.91 Å². The fraction of sp³-hybridized carbons (Fsp3) is 0.417. The Labute approximate surface area is 113 Å². The molecule has 1 rings (SSSR count). The zero-order valence-electron chi connectivity index (χ0n) is 9.80. The van der Waals surface area contributed by atoms with Crippen molar-refractivity contribution in [2.24, 2.45) is 5.73 Å². The molecule has 0 bridgehead atoms. The molecule has 0 saturated heterocycles. The molecule has 0 unspecified atom stereocenters. The Balaban J connectivity index is 0.00000256. The van der Waals surface area contributed by atoms with E-state index in [-0.39, 0.29) is 18.3 Å². The minimum atomic E-state index is 0. The minimum Gasteiger partial charge on any atom is -0.334 e. The van der Waals surface area contributed by atoms with Crippen molar-refractivity contribution in [3.63, 3.8) is 0 Å². The molecule has 0 aliphatic heterocycles. The van der Waals surface area contributed by atoms with Gasteiger partial charge in [0.15, 0.2) is 0 Å². The number of hydrogen-bond acceptors (Lipinski definition) is 3. The topological polar surface area (TPSA) is 46.3 Å². The average Bonchev–Trinajstić information content (AvgIpc) is 2.78. The molecule has 96 valence electrons. The Hall–Kier alpha value is -0.840. The third-order valence-electron chi connectivity index (χ3n) is 2.22. The number of carbonyl (C=O) groups is 1. The number of carbonyl (C=O) groups excluding carboxylic acids is 1. The highest BCUT2D eigenvalue weighted by Crippen LogP contribution is 2.12. The molecule has 17 heavy (non-hydrogen) atoms. The minimum absolute atomic E-state index is 0. The first kappa shape index (κ1) is 16.2. The van der Waals surface area contributed by atoms with Gasteiger partial charge in [0.05, 0.1) is 6.54 Å². The average molecular weight is 275 g/mol. The maximum Gasteiger partial charge on any atom is 0.223 e. The predicted octanol–water partition coefficient (Wildman–Crippen LogP) is 2.42. The molecule has 0 saturated carbocycles. The molecule has 1 aromatic heterocycles. The fourth-order valence-electron chi connectivity index (χ4n) is 1.41. The van der Waals surface area contributed by atoms with Crippen molar-refractivity contribution >= 4 is 29.7 Å². The summed E-state index contributed by atoms with van der Waals surface area (Å²) in [5, 5.41) is 2.02. The van der Waals surface area contributed by atoms with Crippen LogP contribution in [0.25, 0.3) is 0 Å². The van der Waals surface area contributed by atoms with Crippen molar-refractivity contribution in [1.82, 2.24) is 4.90 Å². The first-order valence-corrected chi connectivity index (χ1v) is 6.27. The van der Waals surface area contributed by atoms with Crippen LogP contribution in [0.5, 0.6) is 0 Å². The van der Waals surface area contributed by atoms with Crippen molar-refractivity contribution in [3.8, 4) is 0 Å². The van der Waals surface area contributed by atoms with E-state index < -0.39 is 0 Å². The summed E-state index contributed by atoms with van der Waals surface area (Å²) in [5.74, 6) is 0.152. The van der Waals surface area contributed by atoms with Gasteiger partial charge < -0.3 is 10.6 Å². The van der Waals surface area contributed by atoms with Crippen molar-refractivity contribution in [2.75, 3.05) is 13.1 Å². The number of nitrogens with zero attached hydrogens (tertiary/aromatic N) is 1. The Morgan fingerprint density at radius 3 is 2.88 bits per heavy atom. The third kappa shape index (κ3) is 5.86. The van der Waals surface area contributed by atoms with Gasteiger partial charge in [-0.25, -0.2) is 0 Å². The molecule has 3 nitrogen and oxygen atoms in total. The van der Waals surface area contributed by atoms with Crippen molar-refractivity contribution in [3.05, 3.63) is 35.0 Å². The van der Waals surface area contributed by atoms with Gasteiger partial charge in [0, 0.05) is 17.8 Å². The van der Waals surface area contributed by atoms with Crippen LogP contribution in [0.2, 0.25) is 0 Å². The second-order valence-electron chi connectivity index (χ2n) is 3.53. The van der Waals surface area contributed by atoms with E-state index in [1.807, 2.05) is 22.4 Å². The smallest absolute Gasteiger partial charge is 0.223 e. The van der Waals surface area contributed by atoms with Crippen LogP contribution in [-0.2, 0) is 11.3 Å². The maximum absolute atomic E-state index is 11.8. The molecule has 0 aromatic carbocycles. The fourth-order valence-corrected chi connectivity index (χ4v) is 2.13. The van der Waals surface area contributed by atoms with Crippen LogP contribution < -0.4 is 5.73 Å². The molecule has 0 fully saturated rings. The van der Waals surface area contributed by atoms with Crippen LogP contribution in [-0.4, -0.2) is 23.9 Å². The van der Waals surface area contributed by atoms with E-state index in [1.165, 1.54) is 4.88 Å². The lowest BCUT2D eigenvalue weighted by Crippen LogP contribution is -2.30. The number of nitrogens with two attached hydrogens (primary N) is 1. The van der Waals surface area contributed by atoms with Gasteiger partial charge in [-0.15, -0.1) is 30.3 Å². The van der Waals surface area contributed by atoms with E-state index >= 15 is 0 Å². The highest BCUT2D eigenvalue weighted by Gasteiger charge is 2.12. The van der Waals surface area contributed by atoms with Crippen LogP contribution in [0.3, 0.4) is 0 Å². The van der Waals surface area contributed by atoms with Crippen LogP contribution in [0.1, 0.15) is 17.7 Å². The van der Waals surface area contributed by atoms with E-state index in [0.29, 0.717) is 26.1 Å². The second kappa shape index (κ2) is 9.22. The van der Waals surface area contributed by atoms with E-state index in [9.17, 15) is 4.79 Å². The highest BCUT2D eigenvalue weighted by molar-refractivity contribution is 7.09. The quantitative estimate of drug-likeness (QED) is 0.776. The van der Waals surface area contributed by atoms with Crippen LogP contribution in [0, 0.1) is 0 Å².